The molecular formula is C13H14ClFN4S. The van der Waals surface area contributed by atoms with Gasteiger partial charge in [0.1, 0.15) is 17.5 Å². The number of hydrogen-bond donors (Lipinski definition) is 2. The first-order chi connectivity index (χ1) is 9.62. The third kappa shape index (κ3) is 3.74. The van der Waals surface area contributed by atoms with Gasteiger partial charge < -0.3 is 10.6 Å². The molecule has 1 heterocycles. The zero-order valence-electron chi connectivity index (χ0n) is 11.1. The van der Waals surface area contributed by atoms with Gasteiger partial charge in [0.25, 0.3) is 0 Å². The van der Waals surface area contributed by atoms with E-state index in [2.05, 4.69) is 20.6 Å². The van der Waals surface area contributed by atoms with Crippen molar-refractivity contribution < 1.29 is 4.39 Å². The largest absolute Gasteiger partial charge is 0.370 e. The highest BCUT2D eigenvalue weighted by Crippen LogP contribution is 2.27. The van der Waals surface area contributed by atoms with Crippen molar-refractivity contribution in [3.8, 4) is 0 Å². The van der Waals surface area contributed by atoms with Crippen LogP contribution in [0, 0.1) is 5.82 Å². The van der Waals surface area contributed by atoms with Crippen LogP contribution in [-0.2, 0) is 0 Å². The summed E-state index contributed by atoms with van der Waals surface area (Å²) >= 11 is 7.46. The second-order valence-corrected chi connectivity index (χ2v) is 5.09. The van der Waals surface area contributed by atoms with Gasteiger partial charge in [0, 0.05) is 12.6 Å². The molecule has 0 fully saturated rings. The topological polar surface area (TPSA) is 49.8 Å². The van der Waals surface area contributed by atoms with Gasteiger partial charge in [0.05, 0.1) is 10.7 Å². The van der Waals surface area contributed by atoms with Crippen molar-refractivity contribution in [3.63, 3.8) is 0 Å². The van der Waals surface area contributed by atoms with Crippen LogP contribution in [0.4, 0.5) is 21.7 Å². The summed E-state index contributed by atoms with van der Waals surface area (Å²) in [6.45, 7) is 2.74. The highest BCUT2D eigenvalue weighted by atomic mass is 35.5. The molecule has 20 heavy (non-hydrogen) atoms. The van der Waals surface area contributed by atoms with Crippen LogP contribution in [0.3, 0.4) is 0 Å². The van der Waals surface area contributed by atoms with Gasteiger partial charge in [-0.2, -0.15) is 0 Å². The number of thioether (sulfide) groups is 1. The van der Waals surface area contributed by atoms with Gasteiger partial charge in [0.15, 0.2) is 5.16 Å². The summed E-state index contributed by atoms with van der Waals surface area (Å²) in [7, 11) is 0. The van der Waals surface area contributed by atoms with E-state index in [0.717, 1.165) is 6.54 Å². The van der Waals surface area contributed by atoms with E-state index in [-0.39, 0.29) is 5.82 Å². The Morgan fingerprint density at radius 3 is 2.70 bits per heavy atom. The zero-order valence-corrected chi connectivity index (χ0v) is 12.6. The van der Waals surface area contributed by atoms with E-state index in [1.807, 2.05) is 13.2 Å². The SMILES string of the molecule is CCNc1cc(Nc2cc(F)ccc2Cl)nc(SC)n1. The van der Waals surface area contributed by atoms with Crippen molar-refractivity contribution in [1.29, 1.82) is 0 Å². The number of nitrogens with zero attached hydrogens (tertiary/aromatic N) is 2. The van der Waals surface area contributed by atoms with E-state index in [4.69, 9.17) is 11.6 Å². The number of halogens is 2. The quantitative estimate of drug-likeness (QED) is 0.641. The second-order valence-electron chi connectivity index (χ2n) is 3.90. The average molecular weight is 313 g/mol. The molecule has 106 valence electrons. The standard InChI is InChI=1S/C13H14ClFN4S/c1-3-16-11-7-12(19-13(18-11)20-2)17-10-6-8(15)4-5-9(10)14/h4-7H,3H2,1-2H3,(H2,16,17,18,19). The Kier molecular flexibility index (Phi) is 5.03. The Balaban J connectivity index is 2.32. The smallest absolute Gasteiger partial charge is 0.191 e. The summed E-state index contributed by atoms with van der Waals surface area (Å²) < 4.78 is 13.2. The Morgan fingerprint density at radius 2 is 2.00 bits per heavy atom. The van der Waals surface area contributed by atoms with Crippen molar-refractivity contribution in [1.82, 2.24) is 9.97 Å². The Labute approximate surface area is 126 Å². The van der Waals surface area contributed by atoms with Gasteiger partial charge in [-0.05, 0) is 31.4 Å². The predicted octanol–water partition coefficient (Wildman–Crippen LogP) is 4.17. The maximum atomic E-state index is 13.2. The maximum Gasteiger partial charge on any atom is 0.191 e. The zero-order chi connectivity index (χ0) is 14.5. The molecule has 0 aliphatic carbocycles. The molecular weight excluding hydrogens is 299 g/mol. The van der Waals surface area contributed by atoms with Crippen LogP contribution in [0.2, 0.25) is 5.02 Å². The number of aromatic nitrogens is 2. The summed E-state index contributed by atoms with van der Waals surface area (Å²) in [5, 5.41) is 7.19. The Bertz CT molecular complexity index is 609. The third-order valence-corrected chi connectivity index (χ3v) is 3.31. The highest BCUT2D eigenvalue weighted by Gasteiger charge is 2.07. The van der Waals surface area contributed by atoms with E-state index in [1.165, 1.54) is 30.0 Å². The first-order valence-corrected chi connectivity index (χ1v) is 7.61. The molecule has 0 bridgehead atoms. The predicted molar refractivity (Wildman–Crippen MR) is 82.7 cm³/mol. The van der Waals surface area contributed by atoms with Crippen LogP contribution in [0.5, 0.6) is 0 Å². The minimum absolute atomic E-state index is 0.358. The molecule has 0 aliphatic rings. The number of hydrogen-bond acceptors (Lipinski definition) is 5. The molecule has 0 saturated carbocycles. The maximum absolute atomic E-state index is 13.2. The van der Waals surface area contributed by atoms with E-state index in [1.54, 1.807) is 6.07 Å². The lowest BCUT2D eigenvalue weighted by molar-refractivity contribution is 0.628. The number of nitrogens with one attached hydrogen (secondary N) is 2. The van der Waals surface area contributed by atoms with Gasteiger partial charge in [-0.25, -0.2) is 14.4 Å². The van der Waals surface area contributed by atoms with Crippen molar-refractivity contribution in [2.75, 3.05) is 23.4 Å². The van der Waals surface area contributed by atoms with Gasteiger partial charge in [-0.1, -0.05) is 23.4 Å². The molecule has 1 aromatic carbocycles. The van der Waals surface area contributed by atoms with Crippen LogP contribution in [0.1, 0.15) is 6.92 Å². The highest BCUT2D eigenvalue weighted by molar-refractivity contribution is 7.98. The summed E-state index contributed by atoms with van der Waals surface area (Å²) in [5.41, 5.74) is 0.472. The third-order valence-electron chi connectivity index (χ3n) is 2.44. The van der Waals surface area contributed by atoms with Gasteiger partial charge in [-0.3, -0.25) is 0 Å². The van der Waals surface area contributed by atoms with Gasteiger partial charge in [-0.15, -0.1) is 0 Å². The minimum atomic E-state index is -0.358. The fraction of sp³-hybridized carbons (Fsp3) is 0.231. The lowest BCUT2D eigenvalue weighted by Crippen LogP contribution is -2.04. The van der Waals surface area contributed by atoms with Crippen LogP contribution < -0.4 is 10.6 Å². The van der Waals surface area contributed by atoms with Crippen LogP contribution >= 0.6 is 23.4 Å². The second kappa shape index (κ2) is 6.76. The summed E-state index contributed by atoms with van der Waals surface area (Å²) in [6, 6.07) is 5.90. The van der Waals surface area contributed by atoms with Crippen LogP contribution in [0.15, 0.2) is 29.4 Å². The number of anilines is 3. The van der Waals surface area contributed by atoms with E-state index in [9.17, 15) is 4.39 Å². The van der Waals surface area contributed by atoms with E-state index in [0.29, 0.717) is 27.5 Å². The summed E-state index contributed by atoms with van der Waals surface area (Å²) in [6.07, 6.45) is 1.89. The normalized spacial score (nSPS) is 10.4. The molecule has 0 radical (unpaired) electrons. The molecule has 2 rings (SSSR count). The number of benzene rings is 1. The molecule has 1 aromatic heterocycles. The molecule has 4 nitrogen and oxygen atoms in total. The molecule has 0 atom stereocenters. The van der Waals surface area contributed by atoms with Crippen molar-refractivity contribution >= 4 is 40.7 Å². The van der Waals surface area contributed by atoms with E-state index >= 15 is 0 Å². The van der Waals surface area contributed by atoms with Gasteiger partial charge >= 0.3 is 0 Å². The minimum Gasteiger partial charge on any atom is -0.370 e. The Hall–Kier alpha value is -1.53. The molecule has 0 spiro atoms. The summed E-state index contributed by atoms with van der Waals surface area (Å²) in [5.74, 6) is 0.914. The first-order valence-electron chi connectivity index (χ1n) is 6.01. The monoisotopic (exact) mass is 312 g/mol. The molecule has 7 heteroatoms. The fourth-order valence-electron chi connectivity index (χ4n) is 1.58. The lowest BCUT2D eigenvalue weighted by atomic mass is 10.3. The molecule has 2 N–H and O–H groups in total. The molecule has 0 saturated heterocycles. The molecule has 0 amide bonds. The molecule has 0 unspecified atom stereocenters. The first kappa shape index (κ1) is 14.9. The number of rotatable bonds is 5. The van der Waals surface area contributed by atoms with Gasteiger partial charge in [0.2, 0.25) is 0 Å². The van der Waals surface area contributed by atoms with E-state index < -0.39 is 0 Å². The van der Waals surface area contributed by atoms with Crippen LogP contribution in [-0.4, -0.2) is 22.8 Å². The van der Waals surface area contributed by atoms with Crippen molar-refractivity contribution in [3.05, 3.63) is 35.1 Å². The molecule has 2 aromatic rings. The van der Waals surface area contributed by atoms with Crippen molar-refractivity contribution in [2.24, 2.45) is 0 Å². The fourth-order valence-corrected chi connectivity index (χ4v) is 2.13. The molecule has 0 aliphatic heterocycles. The Morgan fingerprint density at radius 1 is 1.25 bits per heavy atom. The average Bonchev–Trinajstić information content (AvgIpc) is 2.43. The van der Waals surface area contributed by atoms with Crippen molar-refractivity contribution in [2.45, 2.75) is 12.1 Å². The summed E-state index contributed by atoms with van der Waals surface area (Å²) in [4.78, 5) is 8.64. The lowest BCUT2D eigenvalue weighted by Gasteiger charge is -2.11. The van der Waals surface area contributed by atoms with Crippen LogP contribution in [0.25, 0.3) is 0 Å².